The van der Waals surface area contributed by atoms with E-state index in [0.29, 0.717) is 6.42 Å². The van der Waals surface area contributed by atoms with Gasteiger partial charge in [-0.25, -0.2) is 0 Å². The second-order valence-corrected chi connectivity index (χ2v) is 3.69. The lowest BCUT2D eigenvalue weighted by molar-refractivity contribution is -0.140. The van der Waals surface area contributed by atoms with Gasteiger partial charge < -0.3 is 5.11 Å². The Morgan fingerprint density at radius 2 is 2.00 bits per heavy atom. The molecule has 0 spiro atoms. The van der Waals surface area contributed by atoms with Crippen molar-refractivity contribution in [2.24, 2.45) is 0 Å². The third kappa shape index (κ3) is 4.79. The molecule has 0 saturated carbocycles. The van der Waals surface area contributed by atoms with E-state index in [0.717, 1.165) is 0 Å². The van der Waals surface area contributed by atoms with Gasteiger partial charge in [0.15, 0.2) is 0 Å². The first-order valence-corrected chi connectivity index (χ1v) is 3.87. The highest BCUT2D eigenvalue weighted by molar-refractivity contribution is 5.73. The van der Waals surface area contributed by atoms with Gasteiger partial charge in [0.05, 0.1) is 0 Å². The van der Waals surface area contributed by atoms with E-state index in [2.05, 4.69) is 5.32 Å². The molecular formula is C8H17NO2. The first kappa shape index (κ1) is 10.4. The third-order valence-corrected chi connectivity index (χ3v) is 1.31. The van der Waals surface area contributed by atoms with Crippen LogP contribution < -0.4 is 5.32 Å². The van der Waals surface area contributed by atoms with Crippen molar-refractivity contribution in [3.63, 3.8) is 0 Å². The Balaban J connectivity index is 3.99. The van der Waals surface area contributed by atoms with Crippen LogP contribution in [0.15, 0.2) is 0 Å². The number of carboxylic acids is 1. The Morgan fingerprint density at radius 1 is 1.55 bits per heavy atom. The van der Waals surface area contributed by atoms with Gasteiger partial charge >= 0.3 is 5.97 Å². The Hall–Kier alpha value is -0.570. The maximum absolute atomic E-state index is 10.5. The molecule has 0 rings (SSSR count). The molecular weight excluding hydrogens is 142 g/mol. The Morgan fingerprint density at radius 3 is 2.09 bits per heavy atom. The van der Waals surface area contributed by atoms with Gasteiger partial charge in [-0.3, -0.25) is 10.1 Å². The molecule has 0 bridgehead atoms. The zero-order valence-electron chi connectivity index (χ0n) is 7.64. The van der Waals surface area contributed by atoms with Crippen LogP contribution >= 0.6 is 0 Å². The summed E-state index contributed by atoms with van der Waals surface area (Å²) >= 11 is 0. The number of rotatable bonds is 3. The van der Waals surface area contributed by atoms with Crippen LogP contribution in [0.1, 0.15) is 34.1 Å². The summed E-state index contributed by atoms with van der Waals surface area (Å²) in [5, 5.41) is 11.7. The molecule has 0 aliphatic heterocycles. The molecule has 0 radical (unpaired) electrons. The molecule has 0 aromatic rings. The summed E-state index contributed by atoms with van der Waals surface area (Å²) in [4.78, 5) is 10.5. The molecule has 1 atom stereocenters. The van der Waals surface area contributed by atoms with E-state index >= 15 is 0 Å². The molecule has 0 saturated heterocycles. The molecule has 0 aliphatic carbocycles. The van der Waals surface area contributed by atoms with Gasteiger partial charge in [-0.2, -0.15) is 0 Å². The zero-order chi connectivity index (χ0) is 9.07. The Kier molecular flexibility index (Phi) is 3.52. The molecule has 0 amide bonds. The summed E-state index contributed by atoms with van der Waals surface area (Å²) in [5.74, 6) is -0.776. The SMILES string of the molecule is CCC(NC(C)(C)C)C(=O)O. The smallest absolute Gasteiger partial charge is 0.320 e. The van der Waals surface area contributed by atoms with E-state index in [9.17, 15) is 4.79 Å². The fourth-order valence-electron chi connectivity index (χ4n) is 0.861. The topological polar surface area (TPSA) is 49.3 Å². The zero-order valence-corrected chi connectivity index (χ0v) is 7.64. The molecule has 0 aliphatic rings. The second kappa shape index (κ2) is 3.72. The number of aliphatic carboxylic acids is 1. The van der Waals surface area contributed by atoms with Crippen LogP contribution in [0.25, 0.3) is 0 Å². The van der Waals surface area contributed by atoms with Gasteiger partial charge in [-0.1, -0.05) is 6.92 Å². The van der Waals surface area contributed by atoms with E-state index in [1.165, 1.54) is 0 Å². The number of hydrogen-bond donors (Lipinski definition) is 2. The molecule has 3 nitrogen and oxygen atoms in total. The number of nitrogens with one attached hydrogen (secondary N) is 1. The van der Waals surface area contributed by atoms with Gasteiger partial charge in [0, 0.05) is 5.54 Å². The first-order chi connectivity index (χ1) is 4.87. The van der Waals surface area contributed by atoms with Crippen molar-refractivity contribution in [3.05, 3.63) is 0 Å². The van der Waals surface area contributed by atoms with Crippen LogP contribution in [0.4, 0.5) is 0 Å². The summed E-state index contributed by atoms with van der Waals surface area (Å²) in [5.41, 5.74) is -0.126. The van der Waals surface area contributed by atoms with E-state index in [1.807, 2.05) is 27.7 Å². The highest BCUT2D eigenvalue weighted by atomic mass is 16.4. The largest absolute Gasteiger partial charge is 0.480 e. The van der Waals surface area contributed by atoms with Crippen molar-refractivity contribution in [3.8, 4) is 0 Å². The van der Waals surface area contributed by atoms with Crippen molar-refractivity contribution in [2.45, 2.75) is 45.7 Å². The highest BCUT2D eigenvalue weighted by Crippen LogP contribution is 2.03. The average molecular weight is 159 g/mol. The van der Waals surface area contributed by atoms with Crippen LogP contribution in [0.2, 0.25) is 0 Å². The van der Waals surface area contributed by atoms with E-state index < -0.39 is 12.0 Å². The van der Waals surface area contributed by atoms with E-state index in [1.54, 1.807) is 0 Å². The molecule has 11 heavy (non-hydrogen) atoms. The summed E-state index contributed by atoms with van der Waals surface area (Å²) in [6.07, 6.45) is 0.618. The minimum atomic E-state index is -0.776. The monoisotopic (exact) mass is 159 g/mol. The molecule has 0 heterocycles. The predicted octanol–water partition coefficient (Wildman–Crippen LogP) is 1.24. The van der Waals surface area contributed by atoms with E-state index in [4.69, 9.17) is 5.11 Å². The molecule has 3 heteroatoms. The highest BCUT2D eigenvalue weighted by Gasteiger charge is 2.20. The van der Waals surface area contributed by atoms with Gasteiger partial charge in [-0.05, 0) is 27.2 Å². The Bertz CT molecular complexity index is 138. The van der Waals surface area contributed by atoms with Crippen LogP contribution in [-0.2, 0) is 4.79 Å². The maximum Gasteiger partial charge on any atom is 0.320 e. The van der Waals surface area contributed by atoms with Crippen molar-refractivity contribution in [2.75, 3.05) is 0 Å². The molecule has 1 unspecified atom stereocenters. The first-order valence-electron chi connectivity index (χ1n) is 3.87. The molecule has 0 aromatic carbocycles. The third-order valence-electron chi connectivity index (χ3n) is 1.31. The van der Waals surface area contributed by atoms with Gasteiger partial charge in [0.1, 0.15) is 6.04 Å². The van der Waals surface area contributed by atoms with Crippen LogP contribution in [0.5, 0.6) is 0 Å². The van der Waals surface area contributed by atoms with Crippen molar-refractivity contribution in [1.82, 2.24) is 5.32 Å². The fraction of sp³-hybridized carbons (Fsp3) is 0.875. The minimum Gasteiger partial charge on any atom is -0.480 e. The van der Waals surface area contributed by atoms with Crippen molar-refractivity contribution < 1.29 is 9.90 Å². The summed E-state index contributed by atoms with van der Waals surface area (Å²) < 4.78 is 0. The standard InChI is InChI=1S/C8H17NO2/c1-5-6(7(10)11)9-8(2,3)4/h6,9H,5H2,1-4H3,(H,10,11). The normalized spacial score (nSPS) is 14.5. The lowest BCUT2D eigenvalue weighted by Crippen LogP contribution is -2.47. The van der Waals surface area contributed by atoms with Crippen LogP contribution in [0, 0.1) is 0 Å². The lowest BCUT2D eigenvalue weighted by Gasteiger charge is -2.24. The fourth-order valence-corrected chi connectivity index (χ4v) is 0.861. The number of hydrogen-bond acceptors (Lipinski definition) is 2. The number of carbonyl (C=O) groups is 1. The van der Waals surface area contributed by atoms with Gasteiger partial charge in [0.2, 0.25) is 0 Å². The Labute approximate surface area is 67.8 Å². The van der Waals surface area contributed by atoms with Crippen LogP contribution in [0.3, 0.4) is 0 Å². The molecule has 2 N–H and O–H groups in total. The molecule has 0 aromatic heterocycles. The lowest BCUT2D eigenvalue weighted by atomic mass is 10.1. The summed E-state index contributed by atoms with van der Waals surface area (Å²) in [7, 11) is 0. The predicted molar refractivity (Wildman–Crippen MR) is 44.6 cm³/mol. The maximum atomic E-state index is 10.5. The van der Waals surface area contributed by atoms with Crippen molar-refractivity contribution >= 4 is 5.97 Å². The minimum absolute atomic E-state index is 0.126. The van der Waals surface area contributed by atoms with Crippen LogP contribution in [-0.4, -0.2) is 22.7 Å². The van der Waals surface area contributed by atoms with Gasteiger partial charge in [-0.15, -0.1) is 0 Å². The summed E-state index contributed by atoms with van der Waals surface area (Å²) in [6, 6.07) is -0.421. The number of carboxylic acid groups (broad SMARTS) is 1. The van der Waals surface area contributed by atoms with E-state index in [-0.39, 0.29) is 5.54 Å². The summed E-state index contributed by atoms with van der Waals surface area (Å²) in [6.45, 7) is 7.73. The van der Waals surface area contributed by atoms with Crippen molar-refractivity contribution in [1.29, 1.82) is 0 Å². The van der Waals surface area contributed by atoms with Gasteiger partial charge in [0.25, 0.3) is 0 Å². The molecule has 0 fully saturated rings. The molecule has 66 valence electrons. The average Bonchev–Trinajstić information content (AvgIpc) is 1.80. The second-order valence-electron chi connectivity index (χ2n) is 3.69. The quantitative estimate of drug-likeness (QED) is 0.651.